The van der Waals surface area contributed by atoms with Gasteiger partial charge in [0.05, 0.1) is 11.1 Å². The van der Waals surface area contributed by atoms with Gasteiger partial charge >= 0.3 is 23.9 Å². The third kappa shape index (κ3) is 3.51. The van der Waals surface area contributed by atoms with Crippen LogP contribution in [0.4, 0.5) is 0 Å². The van der Waals surface area contributed by atoms with Crippen LogP contribution in [0, 0.1) is 0 Å². The van der Waals surface area contributed by atoms with Crippen LogP contribution in [0.2, 0.25) is 0 Å². The zero-order chi connectivity index (χ0) is 26.6. The summed E-state index contributed by atoms with van der Waals surface area (Å²) >= 11 is 0. The van der Waals surface area contributed by atoms with E-state index in [1.165, 1.54) is 12.1 Å². The molecule has 0 fully saturated rings. The summed E-state index contributed by atoms with van der Waals surface area (Å²) in [5.74, 6) is -5.49. The fraction of sp³-hybridized carbons (Fsp3) is 0.154. The molecule has 0 aliphatic carbocycles. The molecule has 3 aromatic rings. The first-order valence-corrected chi connectivity index (χ1v) is 10.9. The van der Waals surface area contributed by atoms with E-state index in [2.05, 4.69) is 0 Å². The van der Waals surface area contributed by atoms with Gasteiger partial charge in [-0.2, -0.15) is 0 Å². The molecule has 11 nitrogen and oxygen atoms in total. The van der Waals surface area contributed by atoms with Crippen LogP contribution in [0.25, 0.3) is 0 Å². The number of carboxylic acid groups (broad SMARTS) is 1. The van der Waals surface area contributed by atoms with Crippen LogP contribution in [0.5, 0.6) is 23.0 Å². The van der Waals surface area contributed by atoms with E-state index < -0.39 is 52.8 Å². The molecule has 2 aliphatic heterocycles. The third-order valence-corrected chi connectivity index (χ3v) is 5.98. The Bertz CT molecular complexity index is 1510. The molecule has 37 heavy (non-hydrogen) atoms. The highest BCUT2D eigenvalue weighted by atomic mass is 16.7. The Labute approximate surface area is 208 Å². The fourth-order valence-corrected chi connectivity index (χ4v) is 4.73. The van der Waals surface area contributed by atoms with Gasteiger partial charge in [0.2, 0.25) is 0 Å². The molecule has 0 aromatic heterocycles. The van der Waals surface area contributed by atoms with Crippen molar-refractivity contribution in [3.63, 3.8) is 0 Å². The molecule has 2 heterocycles. The van der Waals surface area contributed by atoms with Gasteiger partial charge in [-0.1, -0.05) is 18.2 Å². The lowest BCUT2D eigenvalue weighted by Crippen LogP contribution is -2.36. The lowest BCUT2D eigenvalue weighted by atomic mass is 9.75. The SMILES string of the molecule is CC(=O)OC(OC(C)=O)c1cc(O)cc2c1C1(OC(=O)c3ccccc31)c1ccc(O)c(C(=O)O)c1O2. The van der Waals surface area contributed by atoms with Crippen LogP contribution in [-0.4, -0.2) is 39.2 Å². The average Bonchev–Trinajstić information content (AvgIpc) is 3.10. The second kappa shape index (κ2) is 8.26. The number of benzene rings is 3. The Morgan fingerprint density at radius 2 is 1.62 bits per heavy atom. The van der Waals surface area contributed by atoms with Crippen LogP contribution in [0.3, 0.4) is 0 Å². The van der Waals surface area contributed by atoms with Gasteiger partial charge in [-0.3, -0.25) is 9.59 Å². The Balaban J connectivity index is 1.93. The minimum absolute atomic E-state index is 0.0191. The second-order valence-corrected chi connectivity index (χ2v) is 8.32. The van der Waals surface area contributed by atoms with E-state index in [-0.39, 0.29) is 39.3 Å². The Morgan fingerprint density at radius 1 is 0.946 bits per heavy atom. The zero-order valence-electron chi connectivity index (χ0n) is 19.3. The van der Waals surface area contributed by atoms with Crippen molar-refractivity contribution in [1.29, 1.82) is 0 Å². The van der Waals surface area contributed by atoms with Crippen molar-refractivity contribution in [3.8, 4) is 23.0 Å². The van der Waals surface area contributed by atoms with Crippen molar-refractivity contribution in [3.05, 3.63) is 81.9 Å². The number of hydrogen-bond acceptors (Lipinski definition) is 10. The largest absolute Gasteiger partial charge is 0.508 e. The molecule has 3 aromatic carbocycles. The highest BCUT2D eigenvalue weighted by Crippen LogP contribution is 2.60. The van der Waals surface area contributed by atoms with E-state index in [0.717, 1.165) is 32.0 Å². The van der Waals surface area contributed by atoms with Gasteiger partial charge in [-0.05, 0) is 24.3 Å². The van der Waals surface area contributed by atoms with Crippen molar-refractivity contribution in [1.82, 2.24) is 0 Å². The van der Waals surface area contributed by atoms with Gasteiger partial charge in [0.1, 0.15) is 22.8 Å². The van der Waals surface area contributed by atoms with E-state index in [1.54, 1.807) is 18.2 Å². The smallest absolute Gasteiger partial charge is 0.343 e. The zero-order valence-corrected chi connectivity index (χ0v) is 19.3. The number of phenols is 2. The maximum atomic E-state index is 13.1. The quantitative estimate of drug-likeness (QED) is 0.350. The van der Waals surface area contributed by atoms with Crippen molar-refractivity contribution in [2.75, 3.05) is 0 Å². The first kappa shape index (κ1) is 23.7. The normalized spacial score (nSPS) is 16.8. The first-order valence-electron chi connectivity index (χ1n) is 10.9. The molecule has 1 atom stereocenters. The molecular formula is C26H18O11. The Morgan fingerprint density at radius 3 is 2.27 bits per heavy atom. The van der Waals surface area contributed by atoms with E-state index >= 15 is 0 Å². The molecule has 1 spiro atoms. The molecule has 1 unspecified atom stereocenters. The molecule has 0 saturated carbocycles. The third-order valence-electron chi connectivity index (χ3n) is 5.98. The number of ether oxygens (including phenoxy) is 4. The summed E-state index contributed by atoms with van der Waals surface area (Å²) in [7, 11) is 0. The van der Waals surface area contributed by atoms with Crippen molar-refractivity contribution >= 4 is 23.9 Å². The molecule has 188 valence electrons. The van der Waals surface area contributed by atoms with Crippen LogP contribution >= 0.6 is 0 Å². The lowest BCUT2D eigenvalue weighted by Gasteiger charge is -2.39. The molecule has 5 rings (SSSR count). The molecular weight excluding hydrogens is 488 g/mol. The lowest BCUT2D eigenvalue weighted by molar-refractivity contribution is -0.187. The summed E-state index contributed by atoms with van der Waals surface area (Å²) < 4.78 is 22.3. The minimum atomic E-state index is -1.89. The number of aromatic hydroxyl groups is 2. The summed E-state index contributed by atoms with van der Waals surface area (Å²) in [4.78, 5) is 49.0. The predicted molar refractivity (Wildman–Crippen MR) is 121 cm³/mol. The summed E-state index contributed by atoms with van der Waals surface area (Å²) in [6.45, 7) is 2.17. The van der Waals surface area contributed by atoms with Crippen molar-refractivity contribution < 1.29 is 53.4 Å². The molecule has 11 heteroatoms. The fourth-order valence-electron chi connectivity index (χ4n) is 4.73. The van der Waals surface area contributed by atoms with Gasteiger partial charge in [0, 0.05) is 36.6 Å². The van der Waals surface area contributed by atoms with Gasteiger partial charge in [-0.25, -0.2) is 9.59 Å². The number of esters is 3. The number of carbonyl (C=O) groups is 4. The van der Waals surface area contributed by atoms with Crippen molar-refractivity contribution in [2.24, 2.45) is 0 Å². The van der Waals surface area contributed by atoms with Crippen molar-refractivity contribution in [2.45, 2.75) is 25.7 Å². The van der Waals surface area contributed by atoms with E-state index in [1.807, 2.05) is 0 Å². The Kier molecular flexibility index (Phi) is 5.29. The number of carbonyl (C=O) groups excluding carboxylic acids is 3. The minimum Gasteiger partial charge on any atom is -0.508 e. The molecule has 2 aliphatic rings. The van der Waals surface area contributed by atoms with Gasteiger partial charge in [0.25, 0.3) is 6.29 Å². The standard InChI is InChI=1S/C26H18O11/c1-11(27)34-25(35-12(2)28)15-9-13(29)10-19-21(15)26(16-6-4-3-5-14(16)24(33)37-26)17-7-8-18(30)20(23(31)32)22(17)36-19/h3-10,25,29-30H,1-2H3,(H,31,32). The van der Waals surface area contributed by atoms with E-state index in [9.17, 15) is 34.5 Å². The molecule has 0 bridgehead atoms. The molecule has 3 N–H and O–H groups in total. The van der Waals surface area contributed by atoms with Gasteiger partial charge < -0.3 is 34.3 Å². The number of hydrogen-bond donors (Lipinski definition) is 3. The van der Waals surface area contributed by atoms with Gasteiger partial charge in [0.15, 0.2) is 11.4 Å². The summed E-state index contributed by atoms with van der Waals surface area (Å²) in [5, 5.41) is 30.7. The van der Waals surface area contributed by atoms with Crippen LogP contribution in [-0.2, 0) is 29.4 Å². The number of aromatic carboxylic acids is 1. The molecule has 0 saturated heterocycles. The van der Waals surface area contributed by atoms with Crippen LogP contribution in [0.15, 0.2) is 48.5 Å². The van der Waals surface area contributed by atoms with E-state index in [4.69, 9.17) is 18.9 Å². The molecule has 0 radical (unpaired) electrons. The summed E-state index contributed by atoms with van der Waals surface area (Å²) in [5.41, 5.74) is -2.11. The number of fused-ring (bicyclic) bond motifs is 6. The first-order chi connectivity index (χ1) is 17.5. The maximum Gasteiger partial charge on any atom is 0.343 e. The predicted octanol–water partition coefficient (Wildman–Crippen LogP) is 3.49. The Hall–Kier alpha value is -5.06. The topological polar surface area (TPSA) is 166 Å². The number of phenolic OH excluding ortho intramolecular Hbond substituents is 1. The monoisotopic (exact) mass is 506 g/mol. The highest BCUT2D eigenvalue weighted by Gasteiger charge is 2.56. The summed E-state index contributed by atoms with van der Waals surface area (Å²) in [6, 6.07) is 11.1. The second-order valence-electron chi connectivity index (χ2n) is 8.32. The van der Waals surface area contributed by atoms with Gasteiger partial charge in [-0.15, -0.1) is 0 Å². The van der Waals surface area contributed by atoms with Crippen LogP contribution in [0.1, 0.15) is 63.1 Å². The average molecular weight is 506 g/mol. The highest BCUT2D eigenvalue weighted by molar-refractivity contribution is 5.99. The molecule has 0 amide bonds. The summed E-state index contributed by atoms with van der Waals surface area (Å²) in [6.07, 6.45) is -1.69. The number of carboxylic acids is 1. The number of rotatable bonds is 4. The van der Waals surface area contributed by atoms with Crippen LogP contribution < -0.4 is 4.74 Å². The maximum absolute atomic E-state index is 13.1. The van der Waals surface area contributed by atoms with E-state index in [0.29, 0.717) is 0 Å².